The maximum atomic E-state index is 13.7. The maximum absolute atomic E-state index is 13.7. The summed E-state index contributed by atoms with van der Waals surface area (Å²) in [5, 5.41) is 10.5. The Morgan fingerprint density at radius 2 is 1.97 bits per heavy atom. The van der Waals surface area contributed by atoms with Crippen LogP contribution in [0.5, 0.6) is 0 Å². The predicted molar refractivity (Wildman–Crippen MR) is 110 cm³/mol. The van der Waals surface area contributed by atoms with E-state index in [-0.39, 0.29) is 28.4 Å². The third-order valence-electron chi connectivity index (χ3n) is 5.21. The van der Waals surface area contributed by atoms with E-state index in [4.69, 9.17) is 11.6 Å². The molecule has 1 aliphatic carbocycles. The first-order valence-corrected chi connectivity index (χ1v) is 10.2. The Bertz CT molecular complexity index is 953. The number of rotatable bonds is 4. The molecule has 3 rings (SSSR count). The molecule has 0 unspecified atom stereocenters. The van der Waals surface area contributed by atoms with Gasteiger partial charge in [0.25, 0.3) is 5.91 Å². The van der Waals surface area contributed by atoms with E-state index in [0.29, 0.717) is 5.92 Å². The molecule has 0 radical (unpaired) electrons. The van der Waals surface area contributed by atoms with Gasteiger partial charge in [-0.15, -0.1) is 0 Å². The summed E-state index contributed by atoms with van der Waals surface area (Å²) in [6.07, 6.45) is 0.688. The summed E-state index contributed by atoms with van der Waals surface area (Å²) in [4.78, 5) is 17.1. The molecule has 168 valence electrons. The summed E-state index contributed by atoms with van der Waals surface area (Å²) in [5.74, 6) is -1.40. The molecule has 1 fully saturated rings. The van der Waals surface area contributed by atoms with E-state index in [1.165, 1.54) is 12.1 Å². The first-order valence-electron chi connectivity index (χ1n) is 9.87. The molecular formula is C20H22ClF4N5O. The van der Waals surface area contributed by atoms with Crippen molar-refractivity contribution in [2.24, 2.45) is 10.9 Å². The standard InChI is InChI=1S/C20H22ClF4N5O/c1-11(12-5-3-2-4-6-12)26-19(27-17-10-16(29-30-17)20(23,24)25)28-18(31)13-7-8-14(21)15(22)9-13/h7-12H,2-6H2,1H3,(H3,26,27,28,29,30,31)/t11-/m1/s1. The molecule has 11 heteroatoms. The number of carbonyl (C=O) groups is 1. The fourth-order valence-corrected chi connectivity index (χ4v) is 3.61. The topological polar surface area (TPSA) is 82.2 Å². The van der Waals surface area contributed by atoms with Gasteiger partial charge >= 0.3 is 6.18 Å². The average molecular weight is 460 g/mol. The van der Waals surface area contributed by atoms with Crippen molar-refractivity contribution in [1.82, 2.24) is 15.5 Å². The molecule has 0 bridgehead atoms. The number of anilines is 1. The number of alkyl halides is 3. The predicted octanol–water partition coefficient (Wildman–Crippen LogP) is 5.39. The number of hydrogen-bond acceptors (Lipinski definition) is 3. The second-order valence-electron chi connectivity index (χ2n) is 7.49. The van der Waals surface area contributed by atoms with E-state index >= 15 is 0 Å². The highest BCUT2D eigenvalue weighted by molar-refractivity contribution is 6.30. The average Bonchev–Trinajstić information content (AvgIpc) is 3.19. The maximum Gasteiger partial charge on any atom is 0.432 e. The first-order chi connectivity index (χ1) is 14.6. The van der Waals surface area contributed by atoms with E-state index in [2.05, 4.69) is 20.7 Å². The second-order valence-corrected chi connectivity index (χ2v) is 7.90. The summed E-state index contributed by atoms with van der Waals surface area (Å²) in [6.45, 7) is 1.89. The number of aromatic amines is 1. The van der Waals surface area contributed by atoms with Gasteiger partial charge in [0, 0.05) is 11.6 Å². The van der Waals surface area contributed by atoms with Crippen LogP contribution in [0, 0.1) is 11.7 Å². The number of nitrogens with zero attached hydrogens (tertiary/aromatic N) is 2. The number of aliphatic imine (C=N–C) groups is 1. The molecule has 6 nitrogen and oxygen atoms in total. The molecule has 1 atom stereocenters. The SMILES string of the molecule is C[C@@H](N=C(NC(=O)c1ccc(Cl)c(F)c1)Nc1cc(C(F)(F)F)[nH]n1)C1CCCCC1. The van der Waals surface area contributed by atoms with Crippen molar-refractivity contribution in [1.29, 1.82) is 0 Å². The van der Waals surface area contributed by atoms with Crippen LogP contribution in [-0.4, -0.2) is 28.1 Å². The van der Waals surface area contributed by atoms with Crippen LogP contribution < -0.4 is 10.6 Å². The van der Waals surface area contributed by atoms with Gasteiger partial charge in [-0.05, 0) is 43.9 Å². The zero-order valence-electron chi connectivity index (χ0n) is 16.7. The number of nitrogens with one attached hydrogen (secondary N) is 3. The van der Waals surface area contributed by atoms with Gasteiger partial charge in [-0.25, -0.2) is 9.38 Å². The van der Waals surface area contributed by atoms with Gasteiger partial charge in [0.2, 0.25) is 5.96 Å². The smallest absolute Gasteiger partial charge is 0.309 e. The van der Waals surface area contributed by atoms with Gasteiger partial charge in [0.05, 0.1) is 11.1 Å². The highest BCUT2D eigenvalue weighted by atomic mass is 35.5. The minimum Gasteiger partial charge on any atom is -0.309 e. The quantitative estimate of drug-likeness (QED) is 0.326. The van der Waals surface area contributed by atoms with Gasteiger partial charge in [0.15, 0.2) is 5.82 Å². The van der Waals surface area contributed by atoms with E-state index in [9.17, 15) is 22.4 Å². The third kappa shape index (κ3) is 6.19. The minimum atomic E-state index is -4.59. The highest BCUT2D eigenvalue weighted by Crippen LogP contribution is 2.29. The van der Waals surface area contributed by atoms with Gasteiger partial charge in [-0.2, -0.15) is 18.3 Å². The summed E-state index contributed by atoms with van der Waals surface area (Å²) < 4.78 is 52.3. The van der Waals surface area contributed by atoms with Crippen LogP contribution >= 0.6 is 11.6 Å². The van der Waals surface area contributed by atoms with Crippen molar-refractivity contribution in [2.75, 3.05) is 5.32 Å². The molecule has 1 aromatic heterocycles. The largest absolute Gasteiger partial charge is 0.432 e. The summed E-state index contributed by atoms with van der Waals surface area (Å²) in [7, 11) is 0. The van der Waals surface area contributed by atoms with Gasteiger partial charge in [0.1, 0.15) is 11.5 Å². The first kappa shape index (κ1) is 23.1. The number of carbonyl (C=O) groups excluding carboxylic acids is 1. The van der Waals surface area contributed by atoms with Crippen molar-refractivity contribution < 1.29 is 22.4 Å². The third-order valence-corrected chi connectivity index (χ3v) is 5.51. The summed E-state index contributed by atoms with van der Waals surface area (Å²) >= 11 is 5.65. The molecular weight excluding hydrogens is 438 g/mol. The zero-order chi connectivity index (χ0) is 22.6. The van der Waals surface area contributed by atoms with Crippen molar-refractivity contribution in [2.45, 2.75) is 51.2 Å². The molecule has 1 aliphatic rings. The van der Waals surface area contributed by atoms with Gasteiger partial charge < -0.3 is 5.32 Å². The Kier molecular flexibility index (Phi) is 7.19. The highest BCUT2D eigenvalue weighted by Gasteiger charge is 2.33. The lowest BCUT2D eigenvalue weighted by Crippen LogP contribution is -2.38. The molecule has 31 heavy (non-hydrogen) atoms. The fourth-order valence-electron chi connectivity index (χ4n) is 3.49. The lowest BCUT2D eigenvalue weighted by Gasteiger charge is -2.25. The minimum absolute atomic E-state index is 0.0141. The van der Waals surface area contributed by atoms with E-state index in [1.807, 2.05) is 12.0 Å². The number of guanidine groups is 1. The van der Waals surface area contributed by atoms with E-state index < -0.39 is 23.6 Å². The Balaban J connectivity index is 1.82. The zero-order valence-corrected chi connectivity index (χ0v) is 17.4. The Morgan fingerprint density at radius 3 is 2.58 bits per heavy atom. The molecule has 1 saturated carbocycles. The Labute approximate surface area is 181 Å². The number of H-pyrrole nitrogens is 1. The molecule has 1 heterocycles. The van der Waals surface area contributed by atoms with Crippen molar-refractivity contribution in [3.8, 4) is 0 Å². The number of hydrogen-bond donors (Lipinski definition) is 3. The lowest BCUT2D eigenvalue weighted by atomic mass is 9.85. The monoisotopic (exact) mass is 459 g/mol. The summed E-state index contributed by atoms with van der Waals surface area (Å²) in [5.41, 5.74) is -1.06. The van der Waals surface area contributed by atoms with Crippen LogP contribution in [0.1, 0.15) is 55.1 Å². The molecule has 1 aromatic carbocycles. The van der Waals surface area contributed by atoms with Crippen LogP contribution in [0.4, 0.5) is 23.4 Å². The molecule has 2 aromatic rings. The molecule has 0 aliphatic heterocycles. The van der Waals surface area contributed by atoms with Crippen LogP contribution in [0.3, 0.4) is 0 Å². The molecule has 3 N–H and O–H groups in total. The van der Waals surface area contributed by atoms with Crippen LogP contribution in [0.25, 0.3) is 0 Å². The van der Waals surface area contributed by atoms with Crippen LogP contribution in [-0.2, 0) is 6.18 Å². The van der Waals surface area contributed by atoms with E-state index in [1.54, 1.807) is 0 Å². The number of aromatic nitrogens is 2. The van der Waals surface area contributed by atoms with Gasteiger partial charge in [-0.1, -0.05) is 30.9 Å². The Morgan fingerprint density at radius 1 is 1.26 bits per heavy atom. The molecule has 0 spiro atoms. The number of benzene rings is 1. The van der Waals surface area contributed by atoms with Crippen LogP contribution in [0.15, 0.2) is 29.3 Å². The summed E-state index contributed by atoms with van der Waals surface area (Å²) in [6, 6.07) is 4.12. The van der Waals surface area contributed by atoms with Crippen LogP contribution in [0.2, 0.25) is 5.02 Å². The normalized spacial score (nSPS) is 16.8. The van der Waals surface area contributed by atoms with Crippen molar-refractivity contribution in [3.63, 3.8) is 0 Å². The lowest BCUT2D eigenvalue weighted by molar-refractivity contribution is -0.141. The fraction of sp³-hybridized carbons (Fsp3) is 0.450. The van der Waals surface area contributed by atoms with Crippen molar-refractivity contribution >= 4 is 29.3 Å². The number of amides is 1. The van der Waals surface area contributed by atoms with E-state index in [0.717, 1.165) is 44.2 Å². The molecule has 0 saturated heterocycles. The van der Waals surface area contributed by atoms with Gasteiger partial charge in [-0.3, -0.25) is 15.2 Å². The Hall–Kier alpha value is -2.62. The second kappa shape index (κ2) is 9.67. The molecule has 1 amide bonds. The van der Waals surface area contributed by atoms with Crippen molar-refractivity contribution in [3.05, 3.63) is 46.4 Å². The number of halogens is 5.